The standard InChI is InChI=1S/C21H32F2N4O/c1-16-4-2-9-26(14-16)10-3-8-24-21(28)25-13-17-7-11-27(15-17)18-5-6-19(22)20(23)12-18/h5-6,12,16-17H,2-4,7-11,13-15H2,1H3,(H2,24,25,28)/t16-,17-/m0/s1. The Morgan fingerprint density at radius 1 is 1.14 bits per heavy atom. The summed E-state index contributed by atoms with van der Waals surface area (Å²) in [6.07, 6.45) is 4.49. The van der Waals surface area contributed by atoms with Gasteiger partial charge in [0.2, 0.25) is 0 Å². The first-order valence-corrected chi connectivity index (χ1v) is 10.5. The van der Waals surface area contributed by atoms with Crippen LogP contribution < -0.4 is 15.5 Å². The maximum absolute atomic E-state index is 13.4. The lowest BCUT2D eigenvalue weighted by Crippen LogP contribution is -2.40. The highest BCUT2D eigenvalue weighted by Gasteiger charge is 2.23. The average molecular weight is 395 g/mol. The molecule has 28 heavy (non-hydrogen) atoms. The first-order valence-electron chi connectivity index (χ1n) is 10.5. The van der Waals surface area contributed by atoms with E-state index in [4.69, 9.17) is 0 Å². The van der Waals surface area contributed by atoms with Crippen molar-refractivity contribution in [1.82, 2.24) is 15.5 Å². The van der Waals surface area contributed by atoms with Gasteiger partial charge in [-0.3, -0.25) is 0 Å². The van der Waals surface area contributed by atoms with Crippen molar-refractivity contribution in [3.05, 3.63) is 29.8 Å². The van der Waals surface area contributed by atoms with Crippen LogP contribution in [0.1, 0.15) is 32.6 Å². The van der Waals surface area contributed by atoms with Gasteiger partial charge in [0, 0.05) is 44.5 Å². The third-order valence-electron chi connectivity index (χ3n) is 5.78. The Morgan fingerprint density at radius 3 is 2.79 bits per heavy atom. The smallest absolute Gasteiger partial charge is 0.314 e. The molecule has 1 aromatic rings. The van der Waals surface area contributed by atoms with Crippen LogP contribution in [0.2, 0.25) is 0 Å². The van der Waals surface area contributed by atoms with Crippen LogP contribution >= 0.6 is 0 Å². The highest BCUT2D eigenvalue weighted by Crippen LogP contribution is 2.25. The molecule has 2 aliphatic heterocycles. The fourth-order valence-electron chi connectivity index (χ4n) is 4.21. The zero-order valence-electron chi connectivity index (χ0n) is 16.7. The fourth-order valence-corrected chi connectivity index (χ4v) is 4.21. The van der Waals surface area contributed by atoms with Crippen molar-refractivity contribution < 1.29 is 13.6 Å². The second kappa shape index (κ2) is 10.0. The largest absolute Gasteiger partial charge is 0.371 e. The number of hydrogen-bond acceptors (Lipinski definition) is 3. The van der Waals surface area contributed by atoms with E-state index in [1.54, 1.807) is 6.07 Å². The number of carbonyl (C=O) groups is 1. The molecule has 2 saturated heterocycles. The summed E-state index contributed by atoms with van der Waals surface area (Å²) in [5.41, 5.74) is 0.692. The van der Waals surface area contributed by atoms with Gasteiger partial charge >= 0.3 is 6.03 Å². The first-order chi connectivity index (χ1) is 13.5. The zero-order chi connectivity index (χ0) is 19.9. The van der Waals surface area contributed by atoms with E-state index >= 15 is 0 Å². The van der Waals surface area contributed by atoms with Crippen LogP contribution in [0.4, 0.5) is 19.3 Å². The topological polar surface area (TPSA) is 47.6 Å². The molecule has 2 amide bonds. The van der Waals surface area contributed by atoms with Crippen LogP contribution in [-0.4, -0.2) is 56.7 Å². The molecule has 2 fully saturated rings. The number of halogens is 2. The van der Waals surface area contributed by atoms with Gasteiger partial charge in [-0.1, -0.05) is 6.92 Å². The highest BCUT2D eigenvalue weighted by molar-refractivity contribution is 5.73. The molecule has 0 bridgehead atoms. The Bertz CT molecular complexity index is 657. The van der Waals surface area contributed by atoms with E-state index in [9.17, 15) is 13.6 Å². The molecule has 2 atom stereocenters. The summed E-state index contributed by atoms with van der Waals surface area (Å²) in [6.45, 7) is 8.48. The van der Waals surface area contributed by atoms with Crippen molar-refractivity contribution >= 4 is 11.7 Å². The molecule has 156 valence electrons. The summed E-state index contributed by atoms with van der Waals surface area (Å²) < 4.78 is 26.5. The van der Waals surface area contributed by atoms with Crippen molar-refractivity contribution in [2.75, 3.05) is 50.7 Å². The van der Waals surface area contributed by atoms with Crippen LogP contribution in [0.25, 0.3) is 0 Å². The maximum atomic E-state index is 13.4. The number of amides is 2. The summed E-state index contributed by atoms with van der Waals surface area (Å²) in [6, 6.07) is 3.87. The van der Waals surface area contributed by atoms with Crippen LogP contribution in [0, 0.1) is 23.5 Å². The van der Waals surface area contributed by atoms with Gasteiger partial charge < -0.3 is 20.4 Å². The maximum Gasteiger partial charge on any atom is 0.314 e. The van der Waals surface area contributed by atoms with E-state index in [-0.39, 0.29) is 6.03 Å². The number of likely N-dealkylation sites (tertiary alicyclic amines) is 1. The third-order valence-corrected chi connectivity index (χ3v) is 5.78. The number of nitrogens with zero attached hydrogens (tertiary/aromatic N) is 2. The number of benzene rings is 1. The van der Waals surface area contributed by atoms with Gasteiger partial charge in [-0.25, -0.2) is 13.6 Å². The van der Waals surface area contributed by atoms with E-state index in [1.165, 1.54) is 32.0 Å². The first kappa shape index (κ1) is 20.8. The van der Waals surface area contributed by atoms with Gasteiger partial charge in [0.15, 0.2) is 11.6 Å². The molecule has 2 aliphatic rings. The Kier molecular flexibility index (Phi) is 7.48. The molecule has 0 radical (unpaired) electrons. The summed E-state index contributed by atoms with van der Waals surface area (Å²) in [5, 5.41) is 5.87. The lowest BCUT2D eigenvalue weighted by Gasteiger charge is -2.30. The van der Waals surface area contributed by atoms with Gasteiger partial charge in [0.05, 0.1) is 0 Å². The summed E-state index contributed by atoms with van der Waals surface area (Å²) in [5.74, 6) is -0.554. The van der Waals surface area contributed by atoms with Crippen LogP contribution in [-0.2, 0) is 0 Å². The molecule has 0 spiro atoms. The van der Waals surface area contributed by atoms with Crippen molar-refractivity contribution in [1.29, 1.82) is 0 Å². The normalized spacial score (nSPS) is 23.0. The third kappa shape index (κ3) is 6.06. The number of anilines is 1. The van der Waals surface area contributed by atoms with Crippen LogP contribution in [0.5, 0.6) is 0 Å². The minimum Gasteiger partial charge on any atom is -0.371 e. The van der Waals surface area contributed by atoms with Crippen LogP contribution in [0.3, 0.4) is 0 Å². The molecule has 7 heteroatoms. The molecular formula is C21H32F2N4O. The predicted octanol–water partition coefficient (Wildman–Crippen LogP) is 3.21. The highest BCUT2D eigenvalue weighted by atomic mass is 19.2. The van der Waals surface area contributed by atoms with E-state index < -0.39 is 11.6 Å². The number of urea groups is 1. The van der Waals surface area contributed by atoms with Crippen molar-refractivity contribution in [2.45, 2.75) is 32.6 Å². The summed E-state index contributed by atoms with van der Waals surface area (Å²) >= 11 is 0. The van der Waals surface area contributed by atoms with Crippen molar-refractivity contribution in [2.24, 2.45) is 11.8 Å². The molecule has 3 rings (SSSR count). The summed E-state index contributed by atoms with van der Waals surface area (Å²) in [7, 11) is 0. The second-order valence-electron chi connectivity index (χ2n) is 8.24. The number of carbonyl (C=O) groups excluding carboxylic acids is 1. The van der Waals surface area contributed by atoms with Gasteiger partial charge in [-0.2, -0.15) is 0 Å². The van der Waals surface area contributed by atoms with Gasteiger partial charge in [0.25, 0.3) is 0 Å². The molecule has 0 aliphatic carbocycles. The quantitative estimate of drug-likeness (QED) is 0.698. The monoisotopic (exact) mass is 394 g/mol. The zero-order valence-corrected chi connectivity index (χ0v) is 16.7. The van der Waals surface area contributed by atoms with E-state index in [2.05, 4.69) is 22.5 Å². The SMILES string of the molecule is C[C@H]1CCCN(CCCNC(=O)NC[C@@H]2CCN(c3ccc(F)c(F)c3)C2)C1. The van der Waals surface area contributed by atoms with Crippen molar-refractivity contribution in [3.63, 3.8) is 0 Å². The van der Waals surface area contributed by atoms with E-state index in [1.807, 2.05) is 4.90 Å². The summed E-state index contributed by atoms with van der Waals surface area (Å²) in [4.78, 5) is 16.5. The molecular weight excluding hydrogens is 362 g/mol. The minimum atomic E-state index is -0.826. The fraction of sp³-hybridized carbons (Fsp3) is 0.667. The van der Waals surface area contributed by atoms with E-state index in [0.29, 0.717) is 24.7 Å². The molecule has 5 nitrogen and oxygen atoms in total. The Morgan fingerprint density at radius 2 is 2.00 bits per heavy atom. The molecule has 0 unspecified atom stereocenters. The number of hydrogen-bond donors (Lipinski definition) is 2. The Hall–Kier alpha value is -1.89. The molecule has 2 N–H and O–H groups in total. The van der Waals surface area contributed by atoms with Gasteiger partial charge in [0.1, 0.15) is 0 Å². The lowest BCUT2D eigenvalue weighted by atomic mass is 10.0. The number of nitrogens with one attached hydrogen (secondary N) is 2. The average Bonchev–Trinajstić information content (AvgIpc) is 3.15. The Balaban J connectivity index is 1.29. The molecule has 2 heterocycles. The molecule has 0 saturated carbocycles. The predicted molar refractivity (Wildman–Crippen MR) is 108 cm³/mol. The Labute approximate surface area is 166 Å². The van der Waals surface area contributed by atoms with Gasteiger partial charge in [-0.05, 0) is 62.7 Å². The van der Waals surface area contributed by atoms with E-state index in [0.717, 1.165) is 44.5 Å². The molecule has 0 aromatic heterocycles. The molecule has 1 aromatic carbocycles. The van der Waals surface area contributed by atoms with Gasteiger partial charge in [-0.15, -0.1) is 0 Å². The van der Waals surface area contributed by atoms with Crippen molar-refractivity contribution in [3.8, 4) is 0 Å². The second-order valence-corrected chi connectivity index (χ2v) is 8.24. The lowest BCUT2D eigenvalue weighted by molar-refractivity contribution is 0.181. The van der Waals surface area contributed by atoms with Crippen LogP contribution in [0.15, 0.2) is 18.2 Å². The number of piperidine rings is 1. The number of rotatable bonds is 7. The minimum absolute atomic E-state index is 0.127.